The van der Waals surface area contributed by atoms with E-state index in [1.807, 2.05) is 0 Å². The Morgan fingerprint density at radius 1 is 1.67 bits per heavy atom. The van der Waals surface area contributed by atoms with Gasteiger partial charge in [-0.3, -0.25) is 0 Å². The van der Waals surface area contributed by atoms with Crippen molar-refractivity contribution in [3.8, 4) is 0 Å². The fraction of sp³-hybridized carbons (Fsp3) is 1.00. The molecule has 0 amide bonds. The summed E-state index contributed by atoms with van der Waals surface area (Å²) in [6, 6.07) is 0. The maximum absolute atomic E-state index is 10.5. The summed E-state index contributed by atoms with van der Waals surface area (Å²) in [5.41, 5.74) is 7.72. The van der Waals surface area contributed by atoms with Crippen molar-refractivity contribution in [3.63, 3.8) is 0 Å². The lowest BCUT2D eigenvalue weighted by molar-refractivity contribution is 0.597. The van der Waals surface area contributed by atoms with Crippen molar-refractivity contribution in [3.05, 3.63) is 10.4 Å². The molecule has 0 fully saturated rings. The molecule has 0 rings (SSSR count). The minimum absolute atomic E-state index is 0.0199. The molecule has 0 aliphatic rings. The first-order valence-corrected chi connectivity index (χ1v) is 4.16. The monoisotopic (exact) mass is 149 g/mol. The molecule has 0 N–H and O–H groups in total. The summed E-state index contributed by atoms with van der Waals surface area (Å²) in [6.45, 7) is 1.50. The predicted octanol–water partition coefficient (Wildman–Crippen LogP) is 0.689. The Morgan fingerprint density at radius 2 is 2.22 bits per heavy atom. The van der Waals surface area contributed by atoms with Gasteiger partial charge in [0.1, 0.15) is 5.88 Å². The third-order valence-corrected chi connectivity index (χ3v) is 2.15. The lowest BCUT2D eigenvalue weighted by Gasteiger charge is -1.89. The van der Waals surface area contributed by atoms with Crippen LogP contribution in [0.15, 0.2) is 5.11 Å². The largest absolute Gasteiger partial charge is 0.229 e. The first-order valence-electron chi connectivity index (χ1n) is 2.33. The number of nitrogens with zero attached hydrogens (tertiary/aromatic N) is 3. The van der Waals surface area contributed by atoms with Gasteiger partial charge in [-0.15, -0.1) is 0 Å². The van der Waals surface area contributed by atoms with Gasteiger partial charge in [-0.25, -0.2) is 8.42 Å². The maximum Gasteiger partial charge on any atom is 0.155 e. The zero-order valence-electron chi connectivity index (χ0n) is 4.98. The second-order valence-corrected chi connectivity index (χ2v) is 3.71. The lowest BCUT2D eigenvalue weighted by atomic mass is 11.0. The topological polar surface area (TPSA) is 82.9 Å². The molecule has 0 aromatic rings. The number of hydrogen-bond donors (Lipinski definition) is 0. The Hall–Kier alpha value is -0.740. The van der Waals surface area contributed by atoms with Gasteiger partial charge in [-0.05, 0) is 5.53 Å². The van der Waals surface area contributed by atoms with Gasteiger partial charge in [-0.2, -0.15) is 0 Å². The van der Waals surface area contributed by atoms with Crippen molar-refractivity contribution >= 4 is 9.84 Å². The molecule has 0 saturated heterocycles. The smallest absolute Gasteiger partial charge is 0.155 e. The van der Waals surface area contributed by atoms with E-state index < -0.39 is 15.7 Å². The van der Waals surface area contributed by atoms with Crippen LogP contribution in [0.25, 0.3) is 10.4 Å². The summed E-state index contributed by atoms with van der Waals surface area (Å²) in [7, 11) is -3.10. The van der Waals surface area contributed by atoms with E-state index in [2.05, 4.69) is 10.0 Å². The predicted molar refractivity (Wildman–Crippen MR) is 33.5 cm³/mol. The first-order chi connectivity index (χ1) is 4.12. The molecule has 0 heterocycles. The van der Waals surface area contributed by atoms with Crippen molar-refractivity contribution in [2.75, 3.05) is 11.6 Å². The van der Waals surface area contributed by atoms with Crippen LogP contribution in [0, 0.1) is 0 Å². The van der Waals surface area contributed by atoms with Crippen LogP contribution < -0.4 is 0 Å². The highest BCUT2D eigenvalue weighted by Gasteiger charge is 2.02. The Balaban J connectivity index is 4.05. The summed E-state index contributed by atoms with van der Waals surface area (Å²) in [6.07, 6.45) is 0. The zero-order chi connectivity index (χ0) is 7.33. The molecule has 0 unspecified atom stereocenters. The highest BCUT2D eigenvalue weighted by Crippen LogP contribution is 1.88. The third-order valence-electron chi connectivity index (χ3n) is 0.758. The molecule has 0 aliphatic heterocycles. The Labute approximate surface area is 53.2 Å². The van der Waals surface area contributed by atoms with E-state index in [9.17, 15) is 8.42 Å². The van der Waals surface area contributed by atoms with E-state index in [-0.39, 0.29) is 5.75 Å². The summed E-state index contributed by atoms with van der Waals surface area (Å²) in [4.78, 5) is 2.31. The Bertz CT molecular complexity index is 213. The molecule has 0 aromatic heterocycles. The van der Waals surface area contributed by atoms with E-state index in [1.54, 1.807) is 0 Å². The Morgan fingerprint density at radius 3 is 2.56 bits per heavy atom. The van der Waals surface area contributed by atoms with E-state index >= 15 is 0 Å². The fourth-order valence-corrected chi connectivity index (χ4v) is 0.615. The van der Waals surface area contributed by atoms with Crippen LogP contribution in [0.2, 0.25) is 0 Å². The molecule has 0 bridgehead atoms. The van der Waals surface area contributed by atoms with Gasteiger partial charge in [0, 0.05) is 10.7 Å². The Kier molecular flexibility index (Phi) is 3.05. The second kappa shape index (κ2) is 3.32. The first kappa shape index (κ1) is 8.26. The van der Waals surface area contributed by atoms with Gasteiger partial charge in [0.05, 0.1) is 0 Å². The van der Waals surface area contributed by atoms with Crippen molar-refractivity contribution in [2.24, 2.45) is 5.11 Å². The molecule has 0 spiro atoms. The molecule has 0 saturated carbocycles. The number of azide groups is 1. The van der Waals surface area contributed by atoms with Crippen molar-refractivity contribution < 1.29 is 8.42 Å². The van der Waals surface area contributed by atoms with Gasteiger partial charge in [-0.1, -0.05) is 12.0 Å². The van der Waals surface area contributed by atoms with Crippen LogP contribution >= 0.6 is 0 Å². The van der Waals surface area contributed by atoms with Crippen molar-refractivity contribution in [1.82, 2.24) is 0 Å². The van der Waals surface area contributed by atoms with Gasteiger partial charge < -0.3 is 0 Å². The zero-order valence-corrected chi connectivity index (χ0v) is 5.80. The summed E-state index contributed by atoms with van der Waals surface area (Å²) >= 11 is 0. The van der Waals surface area contributed by atoms with Gasteiger partial charge >= 0.3 is 0 Å². The minimum atomic E-state index is -3.10. The molecule has 0 atom stereocenters. The van der Waals surface area contributed by atoms with Crippen molar-refractivity contribution in [1.29, 1.82) is 0 Å². The van der Waals surface area contributed by atoms with Crippen LogP contribution in [0.5, 0.6) is 0 Å². The van der Waals surface area contributed by atoms with Crippen LogP contribution in [0.3, 0.4) is 0 Å². The SMILES string of the molecule is CCS(=O)(=O)CN=[N+]=[N-]. The maximum atomic E-state index is 10.5. The minimum Gasteiger partial charge on any atom is -0.229 e. The van der Waals surface area contributed by atoms with Crippen LogP contribution in [-0.2, 0) is 9.84 Å². The number of sulfone groups is 1. The molecule has 5 nitrogen and oxygen atoms in total. The normalized spacial score (nSPS) is 10.3. The summed E-state index contributed by atoms with van der Waals surface area (Å²) in [5, 5.41) is 2.91. The molecule has 9 heavy (non-hydrogen) atoms. The molecule has 0 aromatic carbocycles. The molecule has 52 valence electrons. The third kappa shape index (κ3) is 3.81. The summed E-state index contributed by atoms with van der Waals surface area (Å²) < 4.78 is 21.0. The van der Waals surface area contributed by atoms with E-state index in [0.29, 0.717) is 0 Å². The van der Waals surface area contributed by atoms with Gasteiger partial charge in [0.25, 0.3) is 0 Å². The van der Waals surface area contributed by atoms with E-state index in [1.165, 1.54) is 6.92 Å². The molecule has 0 radical (unpaired) electrons. The standard InChI is InChI=1S/C3H7N3O2S/c1-2-9(7,8)3-5-6-4/h2-3H2,1H3. The van der Waals surface area contributed by atoms with Gasteiger partial charge in [0.2, 0.25) is 0 Å². The molecular formula is C3H7N3O2S. The van der Waals surface area contributed by atoms with Gasteiger partial charge in [0.15, 0.2) is 9.84 Å². The van der Waals surface area contributed by atoms with Crippen LogP contribution in [0.1, 0.15) is 6.92 Å². The highest BCUT2D eigenvalue weighted by molar-refractivity contribution is 7.91. The van der Waals surface area contributed by atoms with E-state index in [0.717, 1.165) is 0 Å². The van der Waals surface area contributed by atoms with Crippen LogP contribution in [-0.4, -0.2) is 20.0 Å². The lowest BCUT2D eigenvalue weighted by Crippen LogP contribution is -2.05. The van der Waals surface area contributed by atoms with Crippen LogP contribution in [0.4, 0.5) is 0 Å². The second-order valence-electron chi connectivity index (χ2n) is 1.39. The average Bonchev–Trinajstić information content (AvgIpc) is 1.84. The molecular weight excluding hydrogens is 142 g/mol. The van der Waals surface area contributed by atoms with Crippen molar-refractivity contribution in [2.45, 2.75) is 6.92 Å². The number of rotatable bonds is 3. The van der Waals surface area contributed by atoms with E-state index in [4.69, 9.17) is 5.53 Å². The number of hydrogen-bond acceptors (Lipinski definition) is 3. The quantitative estimate of drug-likeness (QED) is 0.336. The summed E-state index contributed by atoms with van der Waals surface area (Å²) in [5.74, 6) is -0.411. The average molecular weight is 149 g/mol. The highest BCUT2D eigenvalue weighted by atomic mass is 32.2. The fourth-order valence-electron chi connectivity index (χ4n) is 0.205. The molecule has 0 aliphatic carbocycles. The molecule has 6 heteroatoms.